The zero-order chi connectivity index (χ0) is 14.3. The number of nitrogens with one attached hydrogen (secondary N) is 1. The zero-order valence-corrected chi connectivity index (χ0v) is 12.5. The van der Waals surface area contributed by atoms with Gasteiger partial charge in [0.2, 0.25) is 0 Å². The molecule has 0 saturated carbocycles. The summed E-state index contributed by atoms with van der Waals surface area (Å²) < 4.78 is 11.7. The van der Waals surface area contributed by atoms with Crippen LogP contribution in [0.5, 0.6) is 11.5 Å². The Labute approximate surface area is 124 Å². The topological polar surface area (TPSA) is 33.7 Å². The molecule has 0 aliphatic carbocycles. The van der Waals surface area contributed by atoms with Gasteiger partial charge in [-0.15, -0.1) is 6.58 Å². The van der Waals surface area contributed by atoms with Gasteiger partial charge in [-0.05, 0) is 25.2 Å². The number of fused-ring (bicyclic) bond motifs is 4. The van der Waals surface area contributed by atoms with Crippen molar-refractivity contribution in [2.24, 2.45) is 0 Å². The highest BCUT2D eigenvalue weighted by Crippen LogP contribution is 2.47. The minimum absolute atomic E-state index is 0.160. The van der Waals surface area contributed by atoms with Crippen molar-refractivity contribution in [2.45, 2.75) is 25.1 Å². The molecule has 5 heteroatoms. The molecule has 0 radical (unpaired) electrons. The van der Waals surface area contributed by atoms with Gasteiger partial charge < -0.3 is 19.7 Å². The first-order chi connectivity index (χ1) is 9.59. The molecule has 2 aliphatic heterocycles. The van der Waals surface area contributed by atoms with E-state index in [1.807, 2.05) is 23.1 Å². The fraction of sp³-hybridized carbons (Fsp3) is 0.400. The molecule has 4 nitrogen and oxygen atoms in total. The van der Waals surface area contributed by atoms with Gasteiger partial charge in [-0.3, -0.25) is 0 Å². The highest BCUT2D eigenvalue weighted by atomic mass is 32.1. The van der Waals surface area contributed by atoms with Crippen LogP contribution in [-0.4, -0.2) is 29.4 Å². The van der Waals surface area contributed by atoms with E-state index in [9.17, 15) is 0 Å². The lowest BCUT2D eigenvalue weighted by Crippen LogP contribution is -2.64. The Balaban J connectivity index is 2.08. The van der Waals surface area contributed by atoms with Gasteiger partial charge in [-0.2, -0.15) is 0 Å². The third-order valence-corrected chi connectivity index (χ3v) is 4.27. The van der Waals surface area contributed by atoms with Crippen molar-refractivity contribution in [3.8, 4) is 11.5 Å². The quantitative estimate of drug-likeness (QED) is 0.683. The molecule has 1 aromatic rings. The van der Waals surface area contributed by atoms with Crippen molar-refractivity contribution in [1.82, 2.24) is 10.2 Å². The molecule has 2 heterocycles. The minimum atomic E-state index is -0.469. The van der Waals surface area contributed by atoms with E-state index in [-0.39, 0.29) is 6.04 Å². The van der Waals surface area contributed by atoms with E-state index >= 15 is 0 Å². The number of hydrogen-bond acceptors (Lipinski definition) is 3. The first-order valence-electron chi connectivity index (χ1n) is 6.64. The van der Waals surface area contributed by atoms with Crippen LogP contribution in [0.25, 0.3) is 0 Å². The number of benzene rings is 1. The normalized spacial score (nSPS) is 27.2. The van der Waals surface area contributed by atoms with Crippen molar-refractivity contribution >= 4 is 17.3 Å². The SMILES string of the molecule is C=CCN1C(=S)N[C@H]2C[C@@]1(C)Oc1c(OC)cccc12. The highest BCUT2D eigenvalue weighted by molar-refractivity contribution is 7.80. The lowest BCUT2D eigenvalue weighted by Gasteiger charge is -2.52. The first-order valence-corrected chi connectivity index (χ1v) is 7.05. The Morgan fingerprint density at radius 3 is 3.15 bits per heavy atom. The van der Waals surface area contributed by atoms with Gasteiger partial charge in [0.1, 0.15) is 0 Å². The predicted molar refractivity (Wildman–Crippen MR) is 82.0 cm³/mol. The van der Waals surface area contributed by atoms with Crippen molar-refractivity contribution in [2.75, 3.05) is 13.7 Å². The summed E-state index contributed by atoms with van der Waals surface area (Å²) in [7, 11) is 1.66. The van der Waals surface area contributed by atoms with E-state index in [2.05, 4.69) is 24.9 Å². The molecule has 2 atom stereocenters. The van der Waals surface area contributed by atoms with E-state index in [1.165, 1.54) is 0 Å². The van der Waals surface area contributed by atoms with Gasteiger partial charge in [0, 0.05) is 18.5 Å². The summed E-state index contributed by atoms with van der Waals surface area (Å²) in [4.78, 5) is 2.03. The molecule has 0 unspecified atom stereocenters. The van der Waals surface area contributed by atoms with Gasteiger partial charge in [0.25, 0.3) is 0 Å². The van der Waals surface area contributed by atoms with Gasteiger partial charge >= 0.3 is 0 Å². The molecular formula is C15H18N2O2S. The third-order valence-electron chi connectivity index (χ3n) is 3.94. The predicted octanol–water partition coefficient (Wildman–Crippen LogP) is 2.61. The highest BCUT2D eigenvalue weighted by Gasteiger charge is 2.47. The Hall–Kier alpha value is -1.75. The number of thiocarbonyl (C=S) groups is 1. The average molecular weight is 290 g/mol. The van der Waals surface area contributed by atoms with Gasteiger partial charge in [-0.25, -0.2) is 0 Å². The Kier molecular flexibility index (Phi) is 3.09. The van der Waals surface area contributed by atoms with Crippen molar-refractivity contribution in [1.29, 1.82) is 0 Å². The van der Waals surface area contributed by atoms with Crippen LogP contribution in [0, 0.1) is 0 Å². The lowest BCUT2D eigenvalue weighted by molar-refractivity contribution is -0.0646. The van der Waals surface area contributed by atoms with Crippen LogP contribution in [-0.2, 0) is 0 Å². The number of nitrogens with zero attached hydrogens (tertiary/aromatic N) is 1. The van der Waals surface area contributed by atoms with Crippen molar-refractivity contribution in [3.63, 3.8) is 0 Å². The Morgan fingerprint density at radius 2 is 2.45 bits per heavy atom. The number of methoxy groups -OCH3 is 1. The second-order valence-electron chi connectivity index (χ2n) is 5.26. The van der Waals surface area contributed by atoms with Gasteiger partial charge in [0.05, 0.1) is 13.2 Å². The van der Waals surface area contributed by atoms with Crippen molar-refractivity contribution < 1.29 is 9.47 Å². The third kappa shape index (κ3) is 1.85. The molecule has 0 amide bonds. The summed E-state index contributed by atoms with van der Waals surface area (Å²) >= 11 is 5.46. The molecule has 106 valence electrons. The fourth-order valence-corrected chi connectivity index (χ4v) is 3.38. The Morgan fingerprint density at radius 1 is 1.65 bits per heavy atom. The second kappa shape index (κ2) is 4.66. The molecule has 3 rings (SSSR count). The molecule has 20 heavy (non-hydrogen) atoms. The fourth-order valence-electron chi connectivity index (χ4n) is 2.97. The summed E-state index contributed by atoms with van der Waals surface area (Å²) in [5, 5.41) is 4.10. The second-order valence-corrected chi connectivity index (χ2v) is 5.65. The van der Waals surface area contributed by atoms with Crippen LogP contribution in [0.1, 0.15) is 24.9 Å². The van der Waals surface area contributed by atoms with Crippen molar-refractivity contribution in [3.05, 3.63) is 36.4 Å². The smallest absolute Gasteiger partial charge is 0.184 e. The van der Waals surface area contributed by atoms with E-state index in [1.54, 1.807) is 7.11 Å². The van der Waals surface area contributed by atoms with Crippen LogP contribution < -0.4 is 14.8 Å². The number of ether oxygens (including phenoxy) is 2. The monoisotopic (exact) mass is 290 g/mol. The van der Waals surface area contributed by atoms with Crippen LogP contribution in [0.4, 0.5) is 0 Å². The van der Waals surface area contributed by atoms with Crippen LogP contribution in [0.15, 0.2) is 30.9 Å². The van der Waals surface area contributed by atoms with E-state index in [4.69, 9.17) is 21.7 Å². The zero-order valence-electron chi connectivity index (χ0n) is 11.7. The molecule has 2 bridgehead atoms. The molecule has 2 aliphatic rings. The standard InChI is InChI=1S/C15H18N2O2S/c1-4-8-17-14(20)16-11-9-15(17,2)19-13-10(11)6-5-7-12(13)18-3/h4-7,11H,1,8-9H2,2-3H3,(H,16,20)/t11-,15+/m0/s1. The summed E-state index contributed by atoms with van der Waals surface area (Å²) in [5.41, 5.74) is 0.630. The maximum atomic E-state index is 6.27. The molecule has 1 fully saturated rings. The van der Waals surface area contributed by atoms with Gasteiger partial charge in [0.15, 0.2) is 22.3 Å². The summed E-state index contributed by atoms with van der Waals surface area (Å²) in [5.74, 6) is 1.56. The maximum absolute atomic E-state index is 6.27. The molecule has 1 aromatic carbocycles. The van der Waals surface area contributed by atoms with E-state index in [0.717, 1.165) is 23.5 Å². The van der Waals surface area contributed by atoms with Crippen LogP contribution >= 0.6 is 12.2 Å². The first kappa shape index (κ1) is 13.2. The number of para-hydroxylation sites is 1. The number of hydrogen-bond donors (Lipinski definition) is 1. The summed E-state index contributed by atoms with van der Waals surface area (Å²) in [6.07, 6.45) is 2.67. The van der Waals surface area contributed by atoms with E-state index in [0.29, 0.717) is 11.7 Å². The largest absolute Gasteiger partial charge is 0.493 e. The number of rotatable bonds is 3. The van der Waals surface area contributed by atoms with Crippen LogP contribution in [0.3, 0.4) is 0 Å². The average Bonchev–Trinajstić information content (AvgIpc) is 2.42. The molecular weight excluding hydrogens is 272 g/mol. The van der Waals surface area contributed by atoms with E-state index < -0.39 is 5.72 Å². The molecule has 0 aromatic heterocycles. The molecule has 0 spiro atoms. The van der Waals surface area contributed by atoms with Crippen LogP contribution in [0.2, 0.25) is 0 Å². The molecule has 1 saturated heterocycles. The summed E-state index contributed by atoms with van der Waals surface area (Å²) in [6.45, 7) is 6.51. The minimum Gasteiger partial charge on any atom is -0.493 e. The van der Waals surface area contributed by atoms with Gasteiger partial charge in [-0.1, -0.05) is 18.2 Å². The Bertz CT molecular complexity index is 575. The lowest BCUT2D eigenvalue weighted by atomic mass is 9.90. The molecule has 1 N–H and O–H groups in total. The summed E-state index contributed by atoms with van der Waals surface area (Å²) in [6, 6.07) is 6.11. The maximum Gasteiger partial charge on any atom is 0.184 e.